The molecule has 0 fully saturated rings. The van der Waals surface area contributed by atoms with Crippen LogP contribution in [0.5, 0.6) is 5.75 Å². The fraction of sp³-hybridized carbons (Fsp3) is 0.333. The Bertz CT molecular complexity index is 573. The summed E-state index contributed by atoms with van der Waals surface area (Å²) in [4.78, 5) is 11.5. The molecule has 0 saturated carbocycles. The first-order valence-electron chi connectivity index (χ1n) is 5.53. The lowest BCUT2D eigenvalue weighted by molar-refractivity contribution is 0.237. The summed E-state index contributed by atoms with van der Waals surface area (Å²) in [5.74, 6) is 0.369. The summed E-state index contributed by atoms with van der Waals surface area (Å²) in [7, 11) is 1.85. The first kappa shape index (κ1) is 12.4. The lowest BCUT2D eigenvalue weighted by Gasteiger charge is -2.05. The highest BCUT2D eigenvalue weighted by Crippen LogP contribution is 2.07. The molecular weight excluding hydrogens is 236 g/mol. The van der Waals surface area contributed by atoms with E-state index in [4.69, 9.17) is 14.3 Å². The highest BCUT2D eigenvalue weighted by molar-refractivity contribution is 5.17. The molecule has 0 unspecified atom stereocenters. The third-order valence-electron chi connectivity index (χ3n) is 2.55. The molecule has 0 bridgehead atoms. The predicted octanol–water partition coefficient (Wildman–Crippen LogP) is 0.487. The van der Waals surface area contributed by atoms with E-state index < -0.39 is 0 Å². The van der Waals surface area contributed by atoms with Crippen LogP contribution in [0.15, 0.2) is 33.8 Å². The van der Waals surface area contributed by atoms with Crippen LogP contribution in [0.2, 0.25) is 0 Å². The third kappa shape index (κ3) is 2.78. The van der Waals surface area contributed by atoms with Crippen LogP contribution in [0.3, 0.4) is 0 Å². The Morgan fingerprint density at radius 1 is 1.56 bits per heavy atom. The van der Waals surface area contributed by atoms with Gasteiger partial charge >= 0.3 is 0 Å². The molecular formula is C12H14N2O4. The van der Waals surface area contributed by atoms with Crippen molar-refractivity contribution in [2.75, 3.05) is 6.61 Å². The largest absolute Gasteiger partial charge is 0.486 e. The van der Waals surface area contributed by atoms with Crippen LogP contribution in [0.4, 0.5) is 0 Å². The Kier molecular flexibility index (Phi) is 3.78. The van der Waals surface area contributed by atoms with Crippen LogP contribution in [-0.2, 0) is 20.1 Å². The number of aliphatic hydroxyl groups is 1. The second-order valence-corrected chi connectivity index (χ2v) is 3.78. The molecule has 0 radical (unpaired) electrons. The van der Waals surface area contributed by atoms with Crippen LogP contribution in [0, 0.1) is 0 Å². The molecule has 2 aromatic heterocycles. The van der Waals surface area contributed by atoms with E-state index in [-0.39, 0.29) is 23.5 Å². The minimum Gasteiger partial charge on any atom is -0.486 e. The number of nitrogens with zero attached hydrogens (tertiary/aromatic N) is 2. The Morgan fingerprint density at radius 3 is 3.00 bits per heavy atom. The van der Waals surface area contributed by atoms with Gasteiger partial charge in [0.05, 0.1) is 6.61 Å². The maximum Gasteiger partial charge on any atom is 0.227 e. The number of aryl methyl sites for hydroxylation is 1. The minimum absolute atomic E-state index is 0.148. The van der Waals surface area contributed by atoms with E-state index in [1.165, 1.54) is 12.3 Å². The molecule has 96 valence electrons. The predicted molar refractivity (Wildman–Crippen MR) is 63.3 cm³/mol. The van der Waals surface area contributed by atoms with E-state index in [0.29, 0.717) is 13.0 Å². The number of aliphatic hydroxyl groups excluding tert-OH is 1. The van der Waals surface area contributed by atoms with E-state index in [2.05, 4.69) is 5.10 Å². The van der Waals surface area contributed by atoms with Gasteiger partial charge in [-0.05, 0) is 6.07 Å². The normalized spacial score (nSPS) is 10.6. The highest BCUT2D eigenvalue weighted by atomic mass is 16.5. The third-order valence-corrected chi connectivity index (χ3v) is 2.55. The van der Waals surface area contributed by atoms with Crippen molar-refractivity contribution in [1.29, 1.82) is 0 Å². The summed E-state index contributed by atoms with van der Waals surface area (Å²) >= 11 is 0. The maximum absolute atomic E-state index is 11.5. The summed E-state index contributed by atoms with van der Waals surface area (Å²) in [5.41, 5.74) is 0.724. The van der Waals surface area contributed by atoms with Crippen LogP contribution in [0.25, 0.3) is 0 Å². The Hall–Kier alpha value is -2.08. The van der Waals surface area contributed by atoms with Crippen molar-refractivity contribution in [1.82, 2.24) is 9.78 Å². The SMILES string of the molecule is Cn1nccc1CCOc1coc(CO)cc1=O. The van der Waals surface area contributed by atoms with Crippen molar-refractivity contribution in [3.8, 4) is 5.75 Å². The molecule has 18 heavy (non-hydrogen) atoms. The number of hydrogen-bond acceptors (Lipinski definition) is 5. The zero-order valence-corrected chi connectivity index (χ0v) is 10.00. The van der Waals surface area contributed by atoms with Crippen LogP contribution in [-0.4, -0.2) is 21.5 Å². The van der Waals surface area contributed by atoms with Crippen molar-refractivity contribution in [3.63, 3.8) is 0 Å². The summed E-state index contributed by atoms with van der Waals surface area (Å²) in [5, 5.41) is 12.8. The Balaban J connectivity index is 1.95. The van der Waals surface area contributed by atoms with Gasteiger partial charge in [0.25, 0.3) is 0 Å². The molecule has 0 atom stereocenters. The molecule has 2 heterocycles. The smallest absolute Gasteiger partial charge is 0.227 e. The zero-order chi connectivity index (χ0) is 13.0. The van der Waals surface area contributed by atoms with Gasteiger partial charge in [-0.1, -0.05) is 0 Å². The van der Waals surface area contributed by atoms with Crippen molar-refractivity contribution in [2.45, 2.75) is 13.0 Å². The van der Waals surface area contributed by atoms with Gasteiger partial charge in [-0.2, -0.15) is 5.10 Å². The molecule has 0 spiro atoms. The fourth-order valence-corrected chi connectivity index (χ4v) is 1.54. The van der Waals surface area contributed by atoms with E-state index in [9.17, 15) is 4.79 Å². The summed E-state index contributed by atoms with van der Waals surface area (Å²) in [6.45, 7) is 0.0628. The van der Waals surface area contributed by atoms with Gasteiger partial charge in [0.1, 0.15) is 18.6 Å². The molecule has 6 nitrogen and oxygen atoms in total. The van der Waals surface area contributed by atoms with E-state index in [0.717, 1.165) is 5.69 Å². The first-order valence-corrected chi connectivity index (χ1v) is 5.53. The summed E-state index contributed by atoms with van der Waals surface area (Å²) in [6, 6.07) is 3.11. The highest BCUT2D eigenvalue weighted by Gasteiger charge is 2.05. The van der Waals surface area contributed by atoms with Gasteiger partial charge in [0, 0.05) is 31.4 Å². The first-order chi connectivity index (χ1) is 8.70. The monoisotopic (exact) mass is 250 g/mol. The van der Waals surface area contributed by atoms with Gasteiger partial charge in [-0.15, -0.1) is 0 Å². The number of ether oxygens (including phenoxy) is 1. The van der Waals surface area contributed by atoms with Crippen molar-refractivity contribution in [3.05, 3.63) is 46.3 Å². The van der Waals surface area contributed by atoms with Gasteiger partial charge in [-0.25, -0.2) is 0 Å². The molecule has 1 N–H and O–H groups in total. The molecule has 0 aliphatic carbocycles. The quantitative estimate of drug-likeness (QED) is 0.835. The number of aromatic nitrogens is 2. The molecule has 0 aromatic carbocycles. The summed E-state index contributed by atoms with van der Waals surface area (Å²) in [6.07, 6.45) is 3.58. The van der Waals surface area contributed by atoms with E-state index in [1.54, 1.807) is 10.9 Å². The lowest BCUT2D eigenvalue weighted by Crippen LogP contribution is -2.11. The van der Waals surface area contributed by atoms with Crippen molar-refractivity contribution in [2.24, 2.45) is 7.05 Å². The molecule has 6 heteroatoms. The number of rotatable bonds is 5. The van der Waals surface area contributed by atoms with Crippen LogP contribution < -0.4 is 10.2 Å². The van der Waals surface area contributed by atoms with Gasteiger partial charge in [-0.3, -0.25) is 9.48 Å². The maximum atomic E-state index is 11.5. The molecule has 0 saturated heterocycles. The van der Waals surface area contributed by atoms with E-state index in [1.807, 2.05) is 13.1 Å². The molecule has 2 aromatic rings. The molecule has 2 rings (SSSR count). The number of hydrogen-bond donors (Lipinski definition) is 1. The standard InChI is InChI=1S/C12H14N2O4/c1-14-9(2-4-13-14)3-5-17-12-8-18-10(7-15)6-11(12)16/h2,4,6,8,15H,3,5,7H2,1H3. The van der Waals surface area contributed by atoms with Crippen LogP contribution in [0.1, 0.15) is 11.5 Å². The van der Waals surface area contributed by atoms with Crippen molar-refractivity contribution < 1.29 is 14.3 Å². The zero-order valence-electron chi connectivity index (χ0n) is 10.00. The fourth-order valence-electron chi connectivity index (χ4n) is 1.54. The topological polar surface area (TPSA) is 77.5 Å². The average molecular weight is 250 g/mol. The Labute approximate surface area is 103 Å². The second kappa shape index (κ2) is 5.50. The van der Waals surface area contributed by atoms with E-state index >= 15 is 0 Å². The average Bonchev–Trinajstić information content (AvgIpc) is 2.77. The Morgan fingerprint density at radius 2 is 2.39 bits per heavy atom. The lowest BCUT2D eigenvalue weighted by atomic mass is 10.3. The van der Waals surface area contributed by atoms with Gasteiger partial charge in [0.15, 0.2) is 0 Å². The van der Waals surface area contributed by atoms with Gasteiger partial charge < -0.3 is 14.3 Å². The second-order valence-electron chi connectivity index (χ2n) is 3.78. The van der Waals surface area contributed by atoms with Crippen LogP contribution >= 0.6 is 0 Å². The molecule has 0 aliphatic rings. The van der Waals surface area contributed by atoms with Gasteiger partial charge in [0.2, 0.25) is 11.2 Å². The minimum atomic E-state index is -0.301. The summed E-state index contributed by atoms with van der Waals surface area (Å²) < 4.78 is 12.1. The molecule has 0 amide bonds. The molecule has 0 aliphatic heterocycles. The van der Waals surface area contributed by atoms with Crippen molar-refractivity contribution >= 4 is 0 Å².